The van der Waals surface area contributed by atoms with E-state index >= 15 is 4.39 Å². The standard InChI is InChI=1S/C31H25FN2O4/c1-19-15-25-27(16-20(19)2)33-13-11-28(25)38-29-10-9-24(18-26(29)32)34-14-12-23(17-30(34)36)31(37-21(3)35)22-7-5-4-6-8-22/h4-18,31H,1-3H3. The van der Waals surface area contributed by atoms with E-state index in [1.165, 1.54) is 35.9 Å². The Bertz CT molecular complexity index is 1710. The lowest BCUT2D eigenvalue weighted by Gasteiger charge is -2.18. The molecule has 1 unspecified atom stereocenters. The highest BCUT2D eigenvalue weighted by molar-refractivity contribution is 5.86. The zero-order valence-electron chi connectivity index (χ0n) is 21.1. The highest BCUT2D eigenvalue weighted by Crippen LogP contribution is 2.32. The molecule has 0 aliphatic carbocycles. The molecule has 0 aliphatic rings. The number of aryl methyl sites for hydroxylation is 2. The van der Waals surface area contributed by atoms with Gasteiger partial charge in [-0.05, 0) is 66.9 Å². The molecule has 0 radical (unpaired) electrons. The number of hydrogen-bond donors (Lipinski definition) is 0. The Kier molecular flexibility index (Phi) is 6.75. The molecule has 2 aromatic heterocycles. The number of pyridine rings is 2. The molecule has 3 aromatic carbocycles. The molecule has 190 valence electrons. The number of aromatic nitrogens is 2. The van der Waals surface area contributed by atoms with Crippen molar-refractivity contribution in [2.45, 2.75) is 26.9 Å². The number of ether oxygens (including phenoxy) is 2. The number of hydrogen-bond acceptors (Lipinski definition) is 5. The second-order valence-corrected chi connectivity index (χ2v) is 9.05. The highest BCUT2D eigenvalue weighted by atomic mass is 19.1. The van der Waals surface area contributed by atoms with Crippen LogP contribution >= 0.6 is 0 Å². The molecule has 5 aromatic rings. The van der Waals surface area contributed by atoms with Crippen molar-refractivity contribution in [1.29, 1.82) is 0 Å². The smallest absolute Gasteiger partial charge is 0.303 e. The molecule has 0 amide bonds. The lowest BCUT2D eigenvalue weighted by atomic mass is 10.0. The number of rotatable bonds is 6. The maximum atomic E-state index is 15.2. The third-order valence-electron chi connectivity index (χ3n) is 6.36. The van der Waals surface area contributed by atoms with Crippen LogP contribution in [-0.4, -0.2) is 15.5 Å². The second-order valence-electron chi connectivity index (χ2n) is 9.05. The summed E-state index contributed by atoms with van der Waals surface area (Å²) in [4.78, 5) is 29.1. The van der Waals surface area contributed by atoms with Gasteiger partial charge < -0.3 is 9.47 Å². The SMILES string of the molecule is CC(=O)OC(c1ccccc1)c1ccn(-c2ccc(Oc3ccnc4cc(C)c(C)cc34)c(F)c2)c(=O)c1. The van der Waals surface area contributed by atoms with E-state index in [2.05, 4.69) is 4.98 Å². The Morgan fingerprint density at radius 1 is 0.895 bits per heavy atom. The molecule has 0 saturated heterocycles. The van der Waals surface area contributed by atoms with E-state index in [-0.39, 0.29) is 5.75 Å². The van der Waals surface area contributed by atoms with Crippen LogP contribution in [0.2, 0.25) is 0 Å². The third-order valence-corrected chi connectivity index (χ3v) is 6.36. The van der Waals surface area contributed by atoms with Crippen LogP contribution in [-0.2, 0) is 9.53 Å². The summed E-state index contributed by atoms with van der Waals surface area (Å²) in [7, 11) is 0. The molecule has 1 atom stereocenters. The largest absolute Gasteiger partial charge is 0.454 e. The van der Waals surface area contributed by atoms with Gasteiger partial charge in [0.1, 0.15) is 5.75 Å². The fourth-order valence-corrected chi connectivity index (χ4v) is 4.30. The van der Waals surface area contributed by atoms with Crippen LogP contribution in [0.25, 0.3) is 16.6 Å². The minimum Gasteiger partial charge on any atom is -0.454 e. The van der Waals surface area contributed by atoms with Crippen LogP contribution in [0.15, 0.2) is 96.1 Å². The Balaban J connectivity index is 1.45. The highest BCUT2D eigenvalue weighted by Gasteiger charge is 2.19. The second kappa shape index (κ2) is 10.3. The molecule has 0 aliphatic heterocycles. The third kappa shape index (κ3) is 5.04. The van der Waals surface area contributed by atoms with Crippen molar-refractivity contribution < 1.29 is 18.7 Å². The van der Waals surface area contributed by atoms with Gasteiger partial charge in [-0.1, -0.05) is 30.3 Å². The van der Waals surface area contributed by atoms with Crippen LogP contribution < -0.4 is 10.3 Å². The quantitative estimate of drug-likeness (QED) is 0.242. The van der Waals surface area contributed by atoms with Gasteiger partial charge in [-0.15, -0.1) is 0 Å². The van der Waals surface area contributed by atoms with Crippen LogP contribution in [0.4, 0.5) is 4.39 Å². The van der Waals surface area contributed by atoms with E-state index in [1.807, 2.05) is 56.3 Å². The van der Waals surface area contributed by atoms with Gasteiger partial charge >= 0.3 is 5.97 Å². The molecule has 0 N–H and O–H groups in total. The Hall–Kier alpha value is -4.78. The first-order valence-electron chi connectivity index (χ1n) is 12.1. The zero-order valence-corrected chi connectivity index (χ0v) is 21.1. The monoisotopic (exact) mass is 508 g/mol. The molecule has 0 saturated carbocycles. The molecular weight excluding hydrogens is 483 g/mol. The number of fused-ring (bicyclic) bond motifs is 1. The lowest BCUT2D eigenvalue weighted by molar-refractivity contribution is -0.144. The lowest BCUT2D eigenvalue weighted by Crippen LogP contribution is -2.20. The number of carbonyl (C=O) groups is 1. The Labute approximate surface area is 218 Å². The minimum atomic E-state index is -0.730. The summed E-state index contributed by atoms with van der Waals surface area (Å²) in [5.74, 6) is -0.561. The van der Waals surface area contributed by atoms with Gasteiger partial charge in [0.2, 0.25) is 0 Å². The van der Waals surface area contributed by atoms with Crippen molar-refractivity contribution in [3.8, 4) is 17.2 Å². The van der Waals surface area contributed by atoms with Crippen LogP contribution in [0.3, 0.4) is 0 Å². The molecule has 0 fully saturated rings. The van der Waals surface area contributed by atoms with Crippen molar-refractivity contribution in [2.24, 2.45) is 0 Å². The number of carbonyl (C=O) groups excluding carboxylic acids is 1. The molecular formula is C31H25FN2O4. The van der Waals surface area contributed by atoms with E-state index in [0.717, 1.165) is 27.6 Å². The molecule has 6 nitrogen and oxygen atoms in total. The molecule has 2 heterocycles. The van der Waals surface area contributed by atoms with Gasteiger partial charge in [0.05, 0.1) is 11.2 Å². The van der Waals surface area contributed by atoms with Crippen molar-refractivity contribution in [3.63, 3.8) is 0 Å². The van der Waals surface area contributed by atoms with E-state index < -0.39 is 23.4 Å². The summed E-state index contributed by atoms with van der Waals surface area (Å²) in [6.45, 7) is 5.33. The Morgan fingerprint density at radius 3 is 2.37 bits per heavy atom. The van der Waals surface area contributed by atoms with Gasteiger partial charge in [0.15, 0.2) is 17.7 Å². The van der Waals surface area contributed by atoms with Gasteiger partial charge in [-0.2, -0.15) is 0 Å². The first-order chi connectivity index (χ1) is 18.3. The van der Waals surface area contributed by atoms with Gasteiger partial charge in [-0.25, -0.2) is 4.39 Å². The number of esters is 1. The summed E-state index contributed by atoms with van der Waals surface area (Å²) in [5, 5.41) is 0.784. The number of halogens is 1. The molecule has 7 heteroatoms. The fourth-order valence-electron chi connectivity index (χ4n) is 4.30. The van der Waals surface area contributed by atoms with Crippen molar-refractivity contribution in [3.05, 3.63) is 130 Å². The molecule has 38 heavy (non-hydrogen) atoms. The summed E-state index contributed by atoms with van der Waals surface area (Å²) in [5.41, 5.74) is 4.14. The van der Waals surface area contributed by atoms with Crippen molar-refractivity contribution in [2.75, 3.05) is 0 Å². The summed E-state index contributed by atoms with van der Waals surface area (Å²) in [6.07, 6.45) is 2.43. The average Bonchev–Trinajstić information content (AvgIpc) is 2.90. The van der Waals surface area contributed by atoms with E-state index in [0.29, 0.717) is 17.0 Å². The van der Waals surface area contributed by atoms with Crippen molar-refractivity contribution >= 4 is 16.9 Å². The normalized spacial score (nSPS) is 11.8. The van der Waals surface area contributed by atoms with E-state index in [4.69, 9.17) is 9.47 Å². The zero-order chi connectivity index (χ0) is 26.8. The summed E-state index contributed by atoms with van der Waals surface area (Å²) >= 11 is 0. The molecule has 0 bridgehead atoms. The Morgan fingerprint density at radius 2 is 1.66 bits per heavy atom. The van der Waals surface area contributed by atoms with E-state index in [1.54, 1.807) is 24.4 Å². The van der Waals surface area contributed by atoms with Crippen LogP contribution in [0, 0.1) is 19.7 Å². The first-order valence-corrected chi connectivity index (χ1v) is 12.1. The molecule has 5 rings (SSSR count). The fraction of sp³-hybridized carbons (Fsp3) is 0.129. The van der Waals surface area contributed by atoms with Crippen LogP contribution in [0.1, 0.15) is 35.3 Å². The predicted octanol–water partition coefficient (Wildman–Crippen LogP) is 6.59. The number of benzene rings is 3. The van der Waals surface area contributed by atoms with E-state index in [9.17, 15) is 9.59 Å². The predicted molar refractivity (Wildman–Crippen MR) is 143 cm³/mol. The maximum absolute atomic E-state index is 15.2. The van der Waals surface area contributed by atoms with Gasteiger partial charge in [0.25, 0.3) is 5.56 Å². The first kappa shape index (κ1) is 24.9. The van der Waals surface area contributed by atoms with Gasteiger partial charge in [-0.3, -0.25) is 19.1 Å². The van der Waals surface area contributed by atoms with Crippen LogP contribution in [0.5, 0.6) is 11.5 Å². The minimum absolute atomic E-state index is 0.0307. The topological polar surface area (TPSA) is 70.4 Å². The molecule has 0 spiro atoms. The van der Waals surface area contributed by atoms with Crippen molar-refractivity contribution in [1.82, 2.24) is 9.55 Å². The average molecular weight is 509 g/mol. The summed E-state index contributed by atoms with van der Waals surface area (Å²) in [6, 6.07) is 22.2. The number of nitrogens with zero attached hydrogens (tertiary/aromatic N) is 2. The summed E-state index contributed by atoms with van der Waals surface area (Å²) < 4.78 is 27.9. The maximum Gasteiger partial charge on any atom is 0.303 e. The van der Waals surface area contributed by atoms with Gasteiger partial charge in [0, 0.05) is 42.4 Å².